The molecule has 0 amide bonds. The molecular weight excluding hydrogens is 226 g/mol. The Kier molecular flexibility index (Phi) is 4.10. The molecule has 0 saturated carbocycles. The van der Waals surface area contributed by atoms with Gasteiger partial charge in [0.25, 0.3) is 0 Å². The van der Waals surface area contributed by atoms with E-state index in [0.717, 1.165) is 48.7 Å². The molecule has 0 aliphatic carbocycles. The number of allylic oxidation sites excluding steroid dienone is 2. The first-order chi connectivity index (χ1) is 8.72. The quantitative estimate of drug-likeness (QED) is 0.801. The highest BCUT2D eigenvalue weighted by Gasteiger charge is 2.19. The summed E-state index contributed by atoms with van der Waals surface area (Å²) in [5.74, 6) is 0.303. The van der Waals surface area contributed by atoms with Crippen molar-refractivity contribution in [2.75, 3.05) is 13.2 Å². The van der Waals surface area contributed by atoms with Crippen LogP contribution in [0.2, 0.25) is 0 Å². The molecule has 96 valence electrons. The molecule has 1 aliphatic rings. The monoisotopic (exact) mass is 245 g/mol. The van der Waals surface area contributed by atoms with Gasteiger partial charge < -0.3 is 15.9 Å². The first-order valence-corrected chi connectivity index (χ1v) is 6.24. The summed E-state index contributed by atoms with van der Waals surface area (Å²) in [6, 6.07) is 5.79. The molecule has 0 atom stereocenters. The Morgan fingerprint density at radius 2 is 2.17 bits per heavy atom. The summed E-state index contributed by atoms with van der Waals surface area (Å²) in [6.45, 7) is 3.44. The minimum Gasteiger partial charge on any atom is -0.401 e. The van der Waals surface area contributed by atoms with Crippen LogP contribution in [-0.2, 0) is 4.74 Å². The van der Waals surface area contributed by atoms with Crippen LogP contribution in [0.25, 0.3) is 5.57 Å². The number of hydrogen-bond acceptors (Lipinski definition) is 4. The Balaban J connectivity index is 2.33. The Labute approximate surface area is 107 Å². The highest BCUT2D eigenvalue weighted by molar-refractivity contribution is 6.08. The number of aromatic nitrogens is 1. The summed E-state index contributed by atoms with van der Waals surface area (Å²) in [5.41, 5.74) is 9.45. The Morgan fingerprint density at radius 3 is 2.78 bits per heavy atom. The van der Waals surface area contributed by atoms with Crippen LogP contribution in [0.3, 0.4) is 0 Å². The van der Waals surface area contributed by atoms with E-state index in [-0.39, 0.29) is 0 Å². The predicted octanol–water partition coefficient (Wildman–Crippen LogP) is 2.14. The number of rotatable bonds is 3. The average molecular weight is 245 g/mol. The number of nitrogens with one attached hydrogen (secondary N) is 1. The molecule has 0 radical (unpaired) electrons. The van der Waals surface area contributed by atoms with Crippen molar-refractivity contribution in [2.24, 2.45) is 11.7 Å². The molecule has 1 aromatic heterocycles. The molecule has 1 aromatic rings. The lowest BCUT2D eigenvalue weighted by atomic mass is 9.92. The minimum atomic E-state index is 0.303. The molecule has 1 aliphatic heterocycles. The maximum absolute atomic E-state index is 7.58. The van der Waals surface area contributed by atoms with E-state index in [1.54, 1.807) is 0 Å². The van der Waals surface area contributed by atoms with Gasteiger partial charge in [0.1, 0.15) is 0 Å². The largest absolute Gasteiger partial charge is 0.401 e. The van der Waals surface area contributed by atoms with E-state index in [4.69, 9.17) is 15.9 Å². The number of nitrogens with two attached hydrogens (primary N) is 1. The number of hydrogen-bond donors (Lipinski definition) is 2. The predicted molar refractivity (Wildman–Crippen MR) is 72.4 cm³/mol. The number of pyridine rings is 1. The second-order valence-electron chi connectivity index (χ2n) is 4.56. The van der Waals surface area contributed by atoms with E-state index in [9.17, 15) is 0 Å². The van der Waals surface area contributed by atoms with Crippen molar-refractivity contribution in [3.8, 4) is 0 Å². The summed E-state index contributed by atoms with van der Waals surface area (Å²) in [6.07, 6.45) is 3.16. The number of aryl methyl sites for hydroxylation is 1. The first kappa shape index (κ1) is 12.8. The van der Waals surface area contributed by atoms with Crippen LogP contribution in [0.4, 0.5) is 0 Å². The molecule has 3 N–H and O–H groups in total. The fourth-order valence-corrected chi connectivity index (χ4v) is 2.23. The molecule has 18 heavy (non-hydrogen) atoms. The normalized spacial score (nSPS) is 18.3. The van der Waals surface area contributed by atoms with Gasteiger partial charge in [0, 0.05) is 42.3 Å². The van der Waals surface area contributed by atoms with E-state index in [2.05, 4.69) is 4.98 Å². The Morgan fingerprint density at radius 1 is 1.44 bits per heavy atom. The zero-order valence-electron chi connectivity index (χ0n) is 10.6. The van der Waals surface area contributed by atoms with Gasteiger partial charge in [-0.15, -0.1) is 0 Å². The van der Waals surface area contributed by atoms with Gasteiger partial charge in [-0.2, -0.15) is 0 Å². The average Bonchev–Trinajstić information content (AvgIpc) is 2.40. The van der Waals surface area contributed by atoms with Crippen LogP contribution < -0.4 is 5.73 Å². The van der Waals surface area contributed by atoms with Crippen molar-refractivity contribution in [1.82, 2.24) is 4.98 Å². The van der Waals surface area contributed by atoms with Gasteiger partial charge in [-0.05, 0) is 31.9 Å². The second kappa shape index (κ2) is 5.78. The van der Waals surface area contributed by atoms with Gasteiger partial charge in [0.2, 0.25) is 0 Å². The third-order valence-corrected chi connectivity index (χ3v) is 3.28. The molecule has 4 heteroatoms. The zero-order valence-corrected chi connectivity index (χ0v) is 10.6. The van der Waals surface area contributed by atoms with Gasteiger partial charge in [-0.1, -0.05) is 6.07 Å². The van der Waals surface area contributed by atoms with Crippen molar-refractivity contribution >= 4 is 11.8 Å². The van der Waals surface area contributed by atoms with Crippen molar-refractivity contribution in [2.45, 2.75) is 19.8 Å². The molecule has 2 rings (SSSR count). The summed E-state index contributed by atoms with van der Waals surface area (Å²) < 4.78 is 5.34. The molecule has 0 aromatic carbocycles. The lowest BCUT2D eigenvalue weighted by Gasteiger charge is -2.23. The lowest BCUT2D eigenvalue weighted by molar-refractivity contribution is 0.0756. The topological polar surface area (TPSA) is 72.0 Å². The molecule has 0 bridgehead atoms. The Hall–Kier alpha value is -1.68. The summed E-state index contributed by atoms with van der Waals surface area (Å²) in [7, 11) is 0. The van der Waals surface area contributed by atoms with Crippen molar-refractivity contribution < 1.29 is 4.74 Å². The molecule has 1 saturated heterocycles. The molecular formula is C14H19N3O. The number of nitrogens with zero attached hydrogens (tertiary/aromatic N) is 1. The fourth-order valence-electron chi connectivity index (χ4n) is 2.23. The van der Waals surface area contributed by atoms with E-state index < -0.39 is 0 Å². The lowest BCUT2D eigenvalue weighted by Crippen LogP contribution is -2.23. The second-order valence-corrected chi connectivity index (χ2v) is 4.56. The van der Waals surface area contributed by atoms with Crippen LogP contribution in [0.1, 0.15) is 24.2 Å². The van der Waals surface area contributed by atoms with Crippen molar-refractivity contribution in [1.29, 1.82) is 5.41 Å². The molecule has 2 heterocycles. The summed E-state index contributed by atoms with van der Waals surface area (Å²) in [5, 5.41) is 7.58. The maximum Gasteiger partial charge on any atom is 0.0737 e. The highest BCUT2D eigenvalue weighted by atomic mass is 16.5. The van der Waals surface area contributed by atoms with E-state index in [0.29, 0.717) is 5.92 Å². The fraction of sp³-hybridized carbons (Fsp3) is 0.429. The molecule has 4 nitrogen and oxygen atoms in total. The third-order valence-electron chi connectivity index (χ3n) is 3.28. The van der Waals surface area contributed by atoms with Crippen LogP contribution >= 0.6 is 0 Å². The van der Waals surface area contributed by atoms with Gasteiger partial charge in [0.05, 0.1) is 5.69 Å². The molecule has 0 unspecified atom stereocenters. The zero-order chi connectivity index (χ0) is 13.0. The van der Waals surface area contributed by atoms with Gasteiger partial charge in [0.15, 0.2) is 0 Å². The van der Waals surface area contributed by atoms with Crippen LogP contribution in [0, 0.1) is 18.3 Å². The summed E-state index contributed by atoms with van der Waals surface area (Å²) >= 11 is 0. The van der Waals surface area contributed by atoms with E-state index >= 15 is 0 Å². The smallest absolute Gasteiger partial charge is 0.0737 e. The highest BCUT2D eigenvalue weighted by Crippen LogP contribution is 2.25. The molecule has 0 spiro atoms. The van der Waals surface area contributed by atoms with Gasteiger partial charge in [-0.3, -0.25) is 4.98 Å². The van der Waals surface area contributed by atoms with Crippen LogP contribution in [0.5, 0.6) is 0 Å². The van der Waals surface area contributed by atoms with Crippen LogP contribution in [-0.4, -0.2) is 24.4 Å². The van der Waals surface area contributed by atoms with E-state index in [1.807, 2.05) is 25.1 Å². The maximum atomic E-state index is 7.58. The SMILES string of the molecule is Cc1cccc(C(C=N)=C(N)C2CCOCC2)n1. The minimum absolute atomic E-state index is 0.303. The van der Waals surface area contributed by atoms with Gasteiger partial charge >= 0.3 is 0 Å². The van der Waals surface area contributed by atoms with Gasteiger partial charge in [-0.25, -0.2) is 0 Å². The van der Waals surface area contributed by atoms with Crippen molar-refractivity contribution in [3.63, 3.8) is 0 Å². The molecule has 1 fully saturated rings. The first-order valence-electron chi connectivity index (χ1n) is 6.24. The third kappa shape index (κ3) is 2.76. The summed E-state index contributed by atoms with van der Waals surface area (Å²) in [4.78, 5) is 4.44. The van der Waals surface area contributed by atoms with E-state index in [1.165, 1.54) is 6.21 Å². The van der Waals surface area contributed by atoms with Crippen molar-refractivity contribution in [3.05, 3.63) is 35.3 Å². The Bertz CT molecular complexity index is 462. The number of ether oxygens (including phenoxy) is 1. The standard InChI is InChI=1S/C14H19N3O/c1-10-3-2-4-13(17-10)12(9-15)14(16)11-5-7-18-8-6-11/h2-4,9,11,15H,5-8,16H2,1H3. The van der Waals surface area contributed by atoms with Crippen LogP contribution in [0.15, 0.2) is 23.9 Å².